The molecule has 244 valence electrons. The fourth-order valence-corrected chi connectivity index (χ4v) is 9.09. The topological polar surface area (TPSA) is 32.2 Å². The van der Waals surface area contributed by atoms with Crippen LogP contribution in [0.1, 0.15) is 0 Å². The average Bonchev–Trinajstić information content (AvgIpc) is 3.90. The summed E-state index contributed by atoms with van der Waals surface area (Å²) in [4.78, 5) is 6.13. The number of hydrogen-bond acceptors (Lipinski definition) is 3. The molecular formula is C48H30N2OS. The molecule has 11 aromatic rings. The first-order valence-electron chi connectivity index (χ1n) is 17.6. The number of nitrogens with zero attached hydrogens (tertiary/aromatic N) is 1. The number of H-pyrrole nitrogens is 1. The average molecular weight is 683 g/mol. The fraction of sp³-hybridized carbons (Fsp3) is 0. The molecule has 0 aliphatic rings. The van der Waals surface area contributed by atoms with E-state index < -0.39 is 0 Å². The lowest BCUT2D eigenvalue weighted by Crippen LogP contribution is -2.11. The van der Waals surface area contributed by atoms with E-state index in [0.29, 0.717) is 0 Å². The maximum absolute atomic E-state index is 6.80. The van der Waals surface area contributed by atoms with Crippen molar-refractivity contribution in [3.05, 3.63) is 176 Å². The van der Waals surface area contributed by atoms with Crippen LogP contribution < -0.4 is 4.90 Å². The Bertz CT molecular complexity index is 3130. The summed E-state index contributed by atoms with van der Waals surface area (Å²) < 4.78 is 9.44. The van der Waals surface area contributed by atoms with E-state index >= 15 is 0 Å². The van der Waals surface area contributed by atoms with Gasteiger partial charge in [-0.25, -0.2) is 0 Å². The molecule has 3 aromatic heterocycles. The largest absolute Gasteiger partial charge is 0.455 e. The van der Waals surface area contributed by atoms with Crippen LogP contribution in [0.3, 0.4) is 0 Å². The molecule has 0 fully saturated rings. The minimum absolute atomic E-state index is 0.871. The summed E-state index contributed by atoms with van der Waals surface area (Å²) in [7, 11) is 0. The van der Waals surface area contributed by atoms with E-state index in [-0.39, 0.29) is 0 Å². The molecule has 0 bridgehead atoms. The van der Waals surface area contributed by atoms with E-state index in [2.05, 4.69) is 180 Å². The molecular weight excluding hydrogens is 653 g/mol. The van der Waals surface area contributed by atoms with Crippen LogP contribution in [0.4, 0.5) is 17.1 Å². The molecule has 8 aromatic carbocycles. The number of nitrogens with one attached hydrogen (secondary N) is 1. The summed E-state index contributed by atoms with van der Waals surface area (Å²) >= 11 is 1.85. The molecule has 0 unspecified atom stereocenters. The van der Waals surface area contributed by atoms with Crippen LogP contribution in [-0.4, -0.2) is 4.98 Å². The van der Waals surface area contributed by atoms with Crippen molar-refractivity contribution in [2.24, 2.45) is 0 Å². The maximum Gasteiger partial charge on any atom is 0.145 e. The third-order valence-electron chi connectivity index (χ3n) is 10.4. The van der Waals surface area contributed by atoms with Gasteiger partial charge in [-0.05, 0) is 77.4 Å². The van der Waals surface area contributed by atoms with Crippen LogP contribution in [0.5, 0.6) is 0 Å². The summed E-state index contributed by atoms with van der Waals surface area (Å²) in [6.07, 6.45) is 0. The molecule has 0 saturated carbocycles. The number of fused-ring (bicyclic) bond motifs is 9. The number of aromatic nitrogens is 1. The van der Waals surface area contributed by atoms with Crippen LogP contribution >= 0.6 is 11.3 Å². The molecule has 4 heteroatoms. The molecule has 52 heavy (non-hydrogen) atoms. The minimum Gasteiger partial charge on any atom is -0.455 e. The van der Waals surface area contributed by atoms with Gasteiger partial charge in [0.1, 0.15) is 11.2 Å². The highest BCUT2D eigenvalue weighted by Gasteiger charge is 2.24. The molecule has 11 rings (SSSR count). The van der Waals surface area contributed by atoms with E-state index in [1.54, 1.807) is 0 Å². The number of benzene rings is 8. The van der Waals surface area contributed by atoms with E-state index in [4.69, 9.17) is 4.42 Å². The molecule has 0 amide bonds. The highest BCUT2D eigenvalue weighted by atomic mass is 32.1. The quantitative estimate of drug-likeness (QED) is 0.196. The SMILES string of the molecule is c1ccc(N(c2cccc3c2[nH]c2ccccc23)c2ccc(-c3ccc(-c4ccc5sc6ccccc6c5c4)cc3)c3oc4ccccc4c23)cc1. The summed E-state index contributed by atoms with van der Waals surface area (Å²) in [6.45, 7) is 0. The van der Waals surface area contributed by atoms with Crippen molar-refractivity contribution < 1.29 is 4.42 Å². The zero-order valence-corrected chi connectivity index (χ0v) is 28.8. The first-order valence-corrected chi connectivity index (χ1v) is 18.4. The number of para-hydroxylation sites is 4. The second-order valence-electron chi connectivity index (χ2n) is 13.4. The van der Waals surface area contributed by atoms with Gasteiger partial charge in [-0.1, -0.05) is 115 Å². The zero-order chi connectivity index (χ0) is 34.2. The normalized spacial score (nSPS) is 11.8. The van der Waals surface area contributed by atoms with Crippen LogP contribution in [0.15, 0.2) is 180 Å². The number of anilines is 3. The smallest absolute Gasteiger partial charge is 0.145 e. The van der Waals surface area contributed by atoms with Gasteiger partial charge in [0.2, 0.25) is 0 Å². The second kappa shape index (κ2) is 11.5. The molecule has 3 nitrogen and oxygen atoms in total. The van der Waals surface area contributed by atoms with E-state index in [0.717, 1.165) is 61.2 Å². The van der Waals surface area contributed by atoms with Gasteiger partial charge in [-0.3, -0.25) is 0 Å². The predicted molar refractivity (Wildman–Crippen MR) is 222 cm³/mol. The van der Waals surface area contributed by atoms with Gasteiger partial charge >= 0.3 is 0 Å². The Labute approximate surface area is 303 Å². The van der Waals surface area contributed by atoms with E-state index in [9.17, 15) is 0 Å². The maximum atomic E-state index is 6.80. The lowest BCUT2D eigenvalue weighted by Gasteiger charge is -2.27. The fourth-order valence-electron chi connectivity index (χ4n) is 8.00. The van der Waals surface area contributed by atoms with Crippen molar-refractivity contribution in [1.29, 1.82) is 0 Å². The van der Waals surface area contributed by atoms with Gasteiger partial charge in [-0.15, -0.1) is 11.3 Å². The molecule has 0 atom stereocenters. The molecule has 0 radical (unpaired) electrons. The lowest BCUT2D eigenvalue weighted by atomic mass is 9.97. The Kier molecular flexibility index (Phi) is 6.42. The van der Waals surface area contributed by atoms with Crippen molar-refractivity contribution in [3.63, 3.8) is 0 Å². The van der Waals surface area contributed by atoms with Crippen LogP contribution in [-0.2, 0) is 0 Å². The molecule has 0 aliphatic heterocycles. The van der Waals surface area contributed by atoms with Crippen LogP contribution in [0, 0.1) is 0 Å². The minimum atomic E-state index is 0.871. The predicted octanol–water partition coefficient (Wildman–Crippen LogP) is 14.4. The standard InChI is InChI=1S/C48H30N2OS/c1-2-11-33(12-3-1)50(42-18-10-16-37-35-13-4-7-17-40(35)49-47(37)42)41-27-26-34(48-46(41)38-15-5-8-19-43(38)51-48)31-23-21-30(22-24-31)32-25-28-45-39(29-32)36-14-6-9-20-44(36)52-45/h1-29,49H. The first-order chi connectivity index (χ1) is 25.8. The third kappa shape index (κ3) is 4.45. The van der Waals surface area contributed by atoms with Crippen molar-refractivity contribution in [2.45, 2.75) is 0 Å². The highest BCUT2D eigenvalue weighted by molar-refractivity contribution is 7.25. The zero-order valence-electron chi connectivity index (χ0n) is 28.0. The third-order valence-corrected chi connectivity index (χ3v) is 11.6. The van der Waals surface area contributed by atoms with Crippen molar-refractivity contribution in [3.8, 4) is 22.3 Å². The number of hydrogen-bond donors (Lipinski definition) is 1. The molecule has 3 heterocycles. The Morgan fingerprint density at radius 1 is 0.462 bits per heavy atom. The number of thiophene rings is 1. The molecule has 0 saturated heterocycles. The molecule has 1 N–H and O–H groups in total. The first kappa shape index (κ1) is 29.1. The van der Waals surface area contributed by atoms with Crippen LogP contribution in [0.2, 0.25) is 0 Å². The van der Waals surface area contributed by atoms with Gasteiger partial charge in [0.25, 0.3) is 0 Å². The summed E-state index contributed by atoms with van der Waals surface area (Å²) in [5, 5.41) is 7.22. The molecule has 0 spiro atoms. The van der Waals surface area contributed by atoms with Gasteiger partial charge in [-0.2, -0.15) is 0 Å². The lowest BCUT2D eigenvalue weighted by molar-refractivity contribution is 0.670. The Morgan fingerprint density at radius 2 is 1.15 bits per heavy atom. The van der Waals surface area contributed by atoms with Crippen molar-refractivity contribution >= 4 is 92.3 Å². The van der Waals surface area contributed by atoms with Gasteiger partial charge in [0.05, 0.1) is 22.3 Å². The summed E-state index contributed by atoms with van der Waals surface area (Å²) in [5.74, 6) is 0. The van der Waals surface area contributed by atoms with E-state index in [1.807, 2.05) is 17.4 Å². The van der Waals surface area contributed by atoms with Gasteiger partial charge < -0.3 is 14.3 Å². The summed E-state index contributed by atoms with van der Waals surface area (Å²) in [6, 6.07) is 63.1. The Morgan fingerprint density at radius 3 is 2.04 bits per heavy atom. The van der Waals surface area contributed by atoms with Crippen molar-refractivity contribution in [2.75, 3.05) is 4.90 Å². The van der Waals surface area contributed by atoms with Gasteiger partial charge in [0.15, 0.2) is 0 Å². The molecule has 0 aliphatic carbocycles. The number of aromatic amines is 1. The van der Waals surface area contributed by atoms with E-state index in [1.165, 1.54) is 42.1 Å². The number of furan rings is 1. The second-order valence-corrected chi connectivity index (χ2v) is 14.4. The Hall–Kier alpha value is -6.62. The summed E-state index contributed by atoms with van der Waals surface area (Å²) in [5.41, 5.74) is 11.8. The Balaban J connectivity index is 1.09. The van der Waals surface area contributed by atoms with Gasteiger partial charge in [0, 0.05) is 53.1 Å². The monoisotopic (exact) mass is 682 g/mol. The highest BCUT2D eigenvalue weighted by Crippen LogP contribution is 2.48. The number of rotatable bonds is 5. The van der Waals surface area contributed by atoms with Crippen LogP contribution in [0.25, 0.3) is 86.2 Å². The van der Waals surface area contributed by atoms with Crippen molar-refractivity contribution in [1.82, 2.24) is 4.98 Å².